The molecule has 1 heterocycles. The average Bonchev–Trinajstić information content (AvgIpc) is 2.68. The first-order valence-corrected chi connectivity index (χ1v) is 10.4. The normalized spacial score (nSPS) is 20.1. The van der Waals surface area contributed by atoms with Crippen molar-refractivity contribution >= 4 is 0 Å². The molecule has 1 saturated carbocycles. The second-order valence-electron chi connectivity index (χ2n) is 7.91. The summed E-state index contributed by atoms with van der Waals surface area (Å²) in [6.07, 6.45) is 13.0. The van der Waals surface area contributed by atoms with Gasteiger partial charge >= 0.3 is 0 Å². The molecule has 0 spiro atoms. The molecule has 1 aromatic heterocycles. The Labute approximate surface area is 159 Å². The lowest BCUT2D eigenvalue weighted by molar-refractivity contribution is 0.230. The zero-order chi connectivity index (χ0) is 18.2. The molecular weight excluding hydrogens is 318 g/mol. The van der Waals surface area contributed by atoms with E-state index in [-0.39, 0.29) is 0 Å². The lowest BCUT2D eigenvalue weighted by Crippen LogP contribution is -2.15. The van der Waals surface area contributed by atoms with Crippen LogP contribution in [0.1, 0.15) is 63.9 Å². The van der Waals surface area contributed by atoms with E-state index < -0.39 is 0 Å². The van der Waals surface area contributed by atoms with Crippen LogP contribution in [-0.4, -0.2) is 11.6 Å². The van der Waals surface area contributed by atoms with Crippen molar-refractivity contribution in [2.24, 2.45) is 11.8 Å². The molecule has 0 N–H and O–H groups in total. The van der Waals surface area contributed by atoms with Gasteiger partial charge in [0.15, 0.2) is 0 Å². The Kier molecular flexibility index (Phi) is 7.11. The molecule has 0 unspecified atom stereocenters. The number of ether oxygens (including phenoxy) is 1. The molecule has 0 amide bonds. The van der Waals surface area contributed by atoms with Gasteiger partial charge in [0, 0.05) is 11.8 Å². The molecular formula is C24H33NO. The van der Waals surface area contributed by atoms with Gasteiger partial charge in [-0.05, 0) is 67.5 Å². The lowest BCUT2D eigenvalue weighted by Gasteiger charge is -2.28. The minimum absolute atomic E-state index is 0.830. The van der Waals surface area contributed by atoms with Gasteiger partial charge in [-0.2, -0.15) is 0 Å². The third-order valence-corrected chi connectivity index (χ3v) is 5.75. The van der Waals surface area contributed by atoms with Crippen molar-refractivity contribution in [1.29, 1.82) is 0 Å². The topological polar surface area (TPSA) is 22.1 Å². The van der Waals surface area contributed by atoms with Crippen LogP contribution >= 0.6 is 0 Å². The molecule has 26 heavy (non-hydrogen) atoms. The molecule has 1 aromatic carbocycles. The maximum Gasteiger partial charge on any atom is 0.119 e. The van der Waals surface area contributed by atoms with Crippen LogP contribution in [0.3, 0.4) is 0 Å². The Balaban J connectivity index is 1.37. The predicted octanol–water partition coefficient (Wildman–Crippen LogP) is 6.82. The number of nitrogens with zero attached hydrogens (tertiary/aromatic N) is 1. The van der Waals surface area contributed by atoms with Crippen LogP contribution in [0.25, 0.3) is 11.3 Å². The smallest absolute Gasteiger partial charge is 0.119 e. The van der Waals surface area contributed by atoms with E-state index in [2.05, 4.69) is 55.2 Å². The van der Waals surface area contributed by atoms with E-state index in [1.54, 1.807) is 0 Å². The molecule has 2 nitrogen and oxygen atoms in total. The Hall–Kier alpha value is -1.83. The molecule has 2 heteroatoms. The number of hydrogen-bond acceptors (Lipinski definition) is 2. The van der Waals surface area contributed by atoms with Gasteiger partial charge in [0.25, 0.3) is 0 Å². The van der Waals surface area contributed by atoms with Crippen molar-refractivity contribution in [3.63, 3.8) is 0 Å². The van der Waals surface area contributed by atoms with E-state index in [1.165, 1.54) is 56.9 Å². The fourth-order valence-electron chi connectivity index (χ4n) is 4.14. The van der Waals surface area contributed by atoms with Crippen molar-refractivity contribution in [3.8, 4) is 17.0 Å². The number of aryl methyl sites for hydroxylation is 1. The van der Waals surface area contributed by atoms with Crippen LogP contribution in [0.4, 0.5) is 0 Å². The molecule has 2 aromatic rings. The number of aromatic nitrogens is 1. The number of rotatable bonds is 8. The van der Waals surface area contributed by atoms with Gasteiger partial charge < -0.3 is 4.74 Å². The number of benzene rings is 1. The molecule has 3 rings (SSSR count). The maximum absolute atomic E-state index is 5.95. The van der Waals surface area contributed by atoms with Crippen molar-refractivity contribution in [1.82, 2.24) is 4.98 Å². The van der Waals surface area contributed by atoms with Crippen LogP contribution in [0.2, 0.25) is 0 Å². The molecule has 0 atom stereocenters. The molecule has 0 aliphatic heterocycles. The molecule has 1 aliphatic carbocycles. The SMILES string of the molecule is CCC[C@H]1CC[C@H](CCCOc2ccc(-c3ccc(C)cn3)cc2)CC1. The van der Waals surface area contributed by atoms with Gasteiger partial charge in [0.2, 0.25) is 0 Å². The van der Waals surface area contributed by atoms with Gasteiger partial charge in [-0.25, -0.2) is 0 Å². The standard InChI is InChI=1S/C24H33NO/c1-3-5-20-8-10-21(11-9-20)6-4-17-26-23-14-12-22(13-15-23)24-16-7-19(2)18-25-24/h7,12-16,18,20-21H,3-6,8-11,17H2,1-2H3/t20-,21-. The van der Waals surface area contributed by atoms with Crippen LogP contribution in [0, 0.1) is 18.8 Å². The summed E-state index contributed by atoms with van der Waals surface area (Å²) in [5, 5.41) is 0. The zero-order valence-electron chi connectivity index (χ0n) is 16.4. The van der Waals surface area contributed by atoms with Gasteiger partial charge in [0.05, 0.1) is 12.3 Å². The van der Waals surface area contributed by atoms with E-state index in [4.69, 9.17) is 4.74 Å². The monoisotopic (exact) mass is 351 g/mol. The van der Waals surface area contributed by atoms with E-state index in [0.29, 0.717) is 0 Å². The molecule has 0 radical (unpaired) electrons. The van der Waals surface area contributed by atoms with Crippen LogP contribution in [0.15, 0.2) is 42.6 Å². The van der Waals surface area contributed by atoms with Gasteiger partial charge in [-0.3, -0.25) is 4.98 Å². The van der Waals surface area contributed by atoms with E-state index in [1.807, 2.05) is 6.20 Å². The quantitative estimate of drug-likeness (QED) is 0.487. The highest BCUT2D eigenvalue weighted by Crippen LogP contribution is 2.33. The molecule has 0 bridgehead atoms. The largest absolute Gasteiger partial charge is 0.494 e. The summed E-state index contributed by atoms with van der Waals surface area (Å²) >= 11 is 0. The highest BCUT2D eigenvalue weighted by atomic mass is 16.5. The summed E-state index contributed by atoms with van der Waals surface area (Å²) in [6, 6.07) is 12.5. The van der Waals surface area contributed by atoms with Crippen molar-refractivity contribution < 1.29 is 4.74 Å². The fraction of sp³-hybridized carbons (Fsp3) is 0.542. The van der Waals surface area contributed by atoms with Crippen molar-refractivity contribution in [3.05, 3.63) is 48.2 Å². The Morgan fingerprint density at radius 2 is 1.62 bits per heavy atom. The highest BCUT2D eigenvalue weighted by molar-refractivity contribution is 5.60. The first-order valence-electron chi connectivity index (χ1n) is 10.4. The Morgan fingerprint density at radius 1 is 0.923 bits per heavy atom. The maximum atomic E-state index is 5.95. The summed E-state index contributed by atoms with van der Waals surface area (Å²) in [7, 11) is 0. The number of hydrogen-bond donors (Lipinski definition) is 0. The van der Waals surface area contributed by atoms with Gasteiger partial charge in [0.1, 0.15) is 5.75 Å². The second-order valence-corrected chi connectivity index (χ2v) is 7.91. The van der Waals surface area contributed by atoms with Crippen LogP contribution in [0.5, 0.6) is 5.75 Å². The van der Waals surface area contributed by atoms with Gasteiger partial charge in [-0.1, -0.05) is 51.5 Å². The fourth-order valence-corrected chi connectivity index (χ4v) is 4.14. The average molecular weight is 352 g/mol. The minimum atomic E-state index is 0.830. The summed E-state index contributed by atoms with van der Waals surface area (Å²) in [4.78, 5) is 4.48. The summed E-state index contributed by atoms with van der Waals surface area (Å²) < 4.78 is 5.95. The van der Waals surface area contributed by atoms with E-state index in [9.17, 15) is 0 Å². The first-order chi connectivity index (χ1) is 12.7. The Bertz CT molecular complexity index is 639. The van der Waals surface area contributed by atoms with E-state index >= 15 is 0 Å². The third-order valence-electron chi connectivity index (χ3n) is 5.75. The zero-order valence-corrected chi connectivity index (χ0v) is 16.4. The van der Waals surface area contributed by atoms with Crippen molar-refractivity contribution in [2.45, 2.75) is 65.2 Å². The number of pyridine rings is 1. The third kappa shape index (κ3) is 5.59. The Morgan fingerprint density at radius 3 is 2.23 bits per heavy atom. The van der Waals surface area contributed by atoms with Crippen LogP contribution in [-0.2, 0) is 0 Å². The van der Waals surface area contributed by atoms with E-state index in [0.717, 1.165) is 35.4 Å². The molecule has 0 saturated heterocycles. The minimum Gasteiger partial charge on any atom is -0.494 e. The summed E-state index contributed by atoms with van der Waals surface area (Å²) in [5.74, 6) is 2.91. The summed E-state index contributed by atoms with van der Waals surface area (Å²) in [6.45, 7) is 5.20. The molecule has 140 valence electrons. The van der Waals surface area contributed by atoms with Crippen molar-refractivity contribution in [2.75, 3.05) is 6.61 Å². The highest BCUT2D eigenvalue weighted by Gasteiger charge is 2.20. The first kappa shape index (κ1) is 18.9. The molecule has 1 aliphatic rings. The lowest BCUT2D eigenvalue weighted by atomic mass is 9.78. The van der Waals surface area contributed by atoms with Crippen LogP contribution < -0.4 is 4.74 Å². The predicted molar refractivity (Wildman–Crippen MR) is 109 cm³/mol. The summed E-state index contributed by atoms with van der Waals surface area (Å²) in [5.41, 5.74) is 3.34. The molecule has 1 fully saturated rings. The van der Waals surface area contributed by atoms with Gasteiger partial charge in [-0.15, -0.1) is 0 Å². The second kappa shape index (κ2) is 9.75.